The third-order valence-electron chi connectivity index (χ3n) is 5.18. The Kier molecular flexibility index (Phi) is 5.65. The van der Waals surface area contributed by atoms with E-state index in [0.717, 1.165) is 5.39 Å². The molecule has 0 saturated carbocycles. The van der Waals surface area contributed by atoms with Crippen molar-refractivity contribution in [3.05, 3.63) is 28.5 Å². The first kappa shape index (κ1) is 19.6. The van der Waals surface area contributed by atoms with E-state index in [9.17, 15) is 4.79 Å². The number of primary amides is 1. The fourth-order valence-corrected chi connectivity index (χ4v) is 9.48. The van der Waals surface area contributed by atoms with Gasteiger partial charge in [-0.05, 0) is 22.7 Å². The highest BCUT2D eigenvalue weighted by Crippen LogP contribution is 2.41. The van der Waals surface area contributed by atoms with Crippen LogP contribution in [0.5, 0.6) is 0 Å². The third kappa shape index (κ3) is 3.33. The minimum atomic E-state index is -1.94. The van der Waals surface area contributed by atoms with Crippen LogP contribution in [0, 0.1) is 11.5 Å². The molecule has 0 fully saturated rings. The Hall–Kier alpha value is -1.77. The number of pyridine rings is 1. The van der Waals surface area contributed by atoms with Gasteiger partial charge in [-0.15, -0.1) is 5.54 Å². The Morgan fingerprint density at radius 2 is 1.76 bits per heavy atom. The van der Waals surface area contributed by atoms with E-state index in [-0.39, 0.29) is 10.7 Å². The molecule has 6 heteroatoms. The Balaban J connectivity index is 2.80. The number of carbonyl (C=O) groups excluding carboxylic acids is 1. The highest BCUT2D eigenvalue weighted by molar-refractivity contribution is 6.90. The van der Waals surface area contributed by atoms with E-state index < -0.39 is 14.0 Å². The van der Waals surface area contributed by atoms with Gasteiger partial charge in [-0.2, -0.15) is 0 Å². The van der Waals surface area contributed by atoms with E-state index in [4.69, 9.17) is 17.3 Å². The molecule has 0 spiro atoms. The molecule has 25 heavy (non-hydrogen) atoms. The molecule has 0 aromatic carbocycles. The number of halogens is 1. The predicted molar refractivity (Wildman–Crippen MR) is 108 cm³/mol. The molecule has 2 heterocycles. The first-order chi connectivity index (χ1) is 11.6. The predicted octanol–water partition coefficient (Wildman–Crippen LogP) is 4.88. The van der Waals surface area contributed by atoms with Crippen LogP contribution >= 0.6 is 11.6 Å². The van der Waals surface area contributed by atoms with Crippen LogP contribution in [0.15, 0.2) is 12.3 Å². The number of nitrogens with two attached hydrogens (primary N) is 1. The minimum absolute atomic E-state index is 0.0951. The van der Waals surface area contributed by atoms with Crippen molar-refractivity contribution in [2.24, 2.45) is 5.73 Å². The van der Waals surface area contributed by atoms with Crippen LogP contribution in [-0.4, -0.2) is 23.9 Å². The lowest BCUT2D eigenvalue weighted by Gasteiger charge is -2.38. The Labute approximate surface area is 155 Å². The van der Waals surface area contributed by atoms with Gasteiger partial charge in [0.15, 0.2) is 0 Å². The minimum Gasteiger partial charge on any atom is -0.365 e. The zero-order valence-electron chi connectivity index (χ0n) is 15.7. The zero-order chi connectivity index (χ0) is 18.9. The molecule has 4 nitrogen and oxygen atoms in total. The van der Waals surface area contributed by atoms with Crippen LogP contribution in [0.2, 0.25) is 21.8 Å². The standard InChI is InChI=1S/C19H26ClN3OSi/c1-11(2)25(12(3)4,13(5)6)10-8-14-15-7-9-22-19(15)23-17(20)16(14)18(21)24/h7,9,11-13H,1-6H3,(H2,21,24)(H,22,23). The fourth-order valence-electron chi connectivity index (χ4n) is 4.01. The number of nitrogens with zero attached hydrogens (tertiary/aromatic N) is 1. The van der Waals surface area contributed by atoms with Gasteiger partial charge in [0.25, 0.3) is 5.91 Å². The van der Waals surface area contributed by atoms with Crippen molar-refractivity contribution < 1.29 is 4.79 Å². The molecule has 134 valence electrons. The van der Waals surface area contributed by atoms with Crippen molar-refractivity contribution in [1.82, 2.24) is 9.97 Å². The van der Waals surface area contributed by atoms with Crippen LogP contribution in [0.1, 0.15) is 57.5 Å². The lowest BCUT2D eigenvalue weighted by molar-refractivity contribution is 0.1000. The van der Waals surface area contributed by atoms with Crippen molar-refractivity contribution in [2.45, 2.75) is 58.2 Å². The molecule has 0 bridgehead atoms. The van der Waals surface area contributed by atoms with Crippen LogP contribution in [0.4, 0.5) is 0 Å². The number of hydrogen-bond acceptors (Lipinski definition) is 2. The Bertz CT molecular complexity index is 837. The van der Waals surface area contributed by atoms with Crippen molar-refractivity contribution in [1.29, 1.82) is 0 Å². The largest absolute Gasteiger partial charge is 0.365 e. The lowest BCUT2D eigenvalue weighted by Crippen LogP contribution is -2.43. The number of rotatable bonds is 4. The summed E-state index contributed by atoms with van der Waals surface area (Å²) in [7, 11) is -1.94. The van der Waals surface area contributed by atoms with E-state index in [1.807, 2.05) is 6.07 Å². The summed E-state index contributed by atoms with van der Waals surface area (Å²) in [5.74, 6) is 2.71. The number of nitrogens with one attached hydrogen (secondary N) is 1. The topological polar surface area (TPSA) is 71.8 Å². The van der Waals surface area contributed by atoms with Gasteiger partial charge in [-0.3, -0.25) is 4.79 Å². The number of carbonyl (C=O) groups is 1. The molecular formula is C19H26ClN3OSi. The van der Waals surface area contributed by atoms with E-state index in [0.29, 0.717) is 27.8 Å². The summed E-state index contributed by atoms with van der Waals surface area (Å²) in [6.45, 7) is 13.5. The molecule has 0 saturated heterocycles. The van der Waals surface area contributed by atoms with Gasteiger partial charge in [0, 0.05) is 11.6 Å². The molecule has 0 aliphatic carbocycles. The molecule has 3 N–H and O–H groups in total. The molecule has 0 aliphatic heterocycles. The number of amides is 1. The van der Waals surface area contributed by atoms with E-state index in [1.165, 1.54) is 0 Å². The van der Waals surface area contributed by atoms with Gasteiger partial charge in [-0.1, -0.05) is 59.1 Å². The van der Waals surface area contributed by atoms with Gasteiger partial charge < -0.3 is 10.7 Å². The molecule has 0 unspecified atom stereocenters. The smallest absolute Gasteiger partial charge is 0.253 e. The summed E-state index contributed by atoms with van der Waals surface area (Å²) in [5, 5.41) is 0.877. The second kappa shape index (κ2) is 7.23. The number of H-pyrrole nitrogens is 1. The average molecular weight is 376 g/mol. The second-order valence-corrected chi connectivity index (χ2v) is 13.3. The van der Waals surface area contributed by atoms with Gasteiger partial charge in [0.1, 0.15) is 18.9 Å². The van der Waals surface area contributed by atoms with Crippen LogP contribution in [0.25, 0.3) is 11.0 Å². The maximum Gasteiger partial charge on any atom is 0.253 e. The summed E-state index contributed by atoms with van der Waals surface area (Å²) in [6.07, 6.45) is 1.77. The fraction of sp³-hybridized carbons (Fsp3) is 0.474. The third-order valence-corrected chi connectivity index (χ3v) is 11.7. The summed E-state index contributed by atoms with van der Waals surface area (Å²) in [5.41, 5.74) is 12.1. The van der Waals surface area contributed by atoms with E-state index >= 15 is 0 Å². The average Bonchev–Trinajstić information content (AvgIpc) is 2.93. The first-order valence-corrected chi connectivity index (χ1v) is 11.2. The first-order valence-electron chi connectivity index (χ1n) is 8.62. The molecule has 0 atom stereocenters. The summed E-state index contributed by atoms with van der Waals surface area (Å²) >= 11 is 6.21. The van der Waals surface area contributed by atoms with Gasteiger partial charge in [-0.25, -0.2) is 4.98 Å². The maximum absolute atomic E-state index is 12.0. The van der Waals surface area contributed by atoms with Crippen molar-refractivity contribution in [2.75, 3.05) is 0 Å². The molecule has 2 aromatic rings. The number of aromatic amines is 1. The molecule has 2 rings (SSSR count). The Morgan fingerprint density at radius 3 is 2.24 bits per heavy atom. The second-order valence-electron chi connectivity index (χ2n) is 7.40. The Morgan fingerprint density at radius 1 is 1.20 bits per heavy atom. The van der Waals surface area contributed by atoms with E-state index in [2.05, 4.69) is 63.0 Å². The SMILES string of the molecule is CC(C)[Si](C#Cc1c(C(N)=O)c(Cl)nc2[nH]ccc12)(C(C)C)C(C)C. The van der Waals surface area contributed by atoms with Crippen molar-refractivity contribution in [3.63, 3.8) is 0 Å². The monoisotopic (exact) mass is 375 g/mol. The van der Waals surface area contributed by atoms with Gasteiger partial charge in [0.2, 0.25) is 0 Å². The quantitative estimate of drug-likeness (QED) is 0.454. The summed E-state index contributed by atoms with van der Waals surface area (Å²) in [4.78, 5) is 19.2. The summed E-state index contributed by atoms with van der Waals surface area (Å²) < 4.78 is 0. The van der Waals surface area contributed by atoms with E-state index in [1.54, 1.807) is 6.20 Å². The molecular weight excluding hydrogens is 350 g/mol. The highest BCUT2D eigenvalue weighted by atomic mass is 35.5. The van der Waals surface area contributed by atoms with Crippen LogP contribution < -0.4 is 5.73 Å². The number of aromatic nitrogens is 2. The normalized spacial score (nSPS) is 12.1. The number of hydrogen-bond donors (Lipinski definition) is 2. The van der Waals surface area contributed by atoms with Crippen LogP contribution in [-0.2, 0) is 0 Å². The zero-order valence-corrected chi connectivity index (χ0v) is 17.5. The van der Waals surface area contributed by atoms with Crippen LogP contribution in [0.3, 0.4) is 0 Å². The maximum atomic E-state index is 12.0. The number of fused-ring (bicyclic) bond motifs is 1. The summed E-state index contributed by atoms with van der Waals surface area (Å²) in [6, 6.07) is 1.86. The highest BCUT2D eigenvalue weighted by Gasteiger charge is 2.41. The lowest BCUT2D eigenvalue weighted by atomic mass is 10.1. The van der Waals surface area contributed by atoms with Gasteiger partial charge in [0.05, 0.1) is 11.1 Å². The molecule has 2 aromatic heterocycles. The molecule has 0 aliphatic rings. The molecule has 0 radical (unpaired) electrons. The van der Waals surface area contributed by atoms with Crippen molar-refractivity contribution in [3.8, 4) is 11.5 Å². The van der Waals surface area contributed by atoms with Crippen molar-refractivity contribution >= 4 is 36.6 Å². The van der Waals surface area contributed by atoms with Gasteiger partial charge >= 0.3 is 0 Å². The molecule has 1 amide bonds.